The molecule has 0 aliphatic heterocycles. The van der Waals surface area contributed by atoms with Crippen LogP contribution in [-0.4, -0.2) is 35.9 Å². The van der Waals surface area contributed by atoms with Crippen LogP contribution in [0.15, 0.2) is 102 Å². The Labute approximate surface area is 231 Å². The summed E-state index contributed by atoms with van der Waals surface area (Å²) in [4.78, 5) is 40.0. The molecule has 0 saturated heterocycles. The molecule has 0 radical (unpaired) electrons. The van der Waals surface area contributed by atoms with Gasteiger partial charge in [0.2, 0.25) is 11.0 Å². The number of nitrogens with one attached hydrogen (secondary N) is 1. The zero-order valence-corrected chi connectivity index (χ0v) is 22.7. The zero-order chi connectivity index (χ0) is 26.7. The molecule has 7 heteroatoms. The van der Waals surface area contributed by atoms with Crippen molar-refractivity contribution >= 4 is 40.1 Å². The van der Waals surface area contributed by atoms with Gasteiger partial charge < -0.3 is 10.1 Å². The van der Waals surface area contributed by atoms with Crippen LogP contribution in [0.3, 0.4) is 0 Å². The first kappa shape index (κ1) is 27.4. The van der Waals surface area contributed by atoms with Crippen LogP contribution in [-0.2, 0) is 27.2 Å². The van der Waals surface area contributed by atoms with Crippen molar-refractivity contribution in [2.45, 2.75) is 18.9 Å². The lowest BCUT2D eigenvalue weighted by Gasteiger charge is -2.21. The van der Waals surface area contributed by atoms with Gasteiger partial charge in [-0.1, -0.05) is 103 Å². The molecule has 2 unspecified atom stereocenters. The van der Waals surface area contributed by atoms with Crippen LogP contribution in [0, 0.1) is 5.92 Å². The molecule has 1 heterocycles. The lowest BCUT2D eigenvalue weighted by molar-refractivity contribution is -0.145. The molecule has 0 saturated carbocycles. The largest absolute Gasteiger partial charge is 0.467 e. The van der Waals surface area contributed by atoms with E-state index in [2.05, 4.69) is 11.4 Å². The molecule has 3 aromatic carbocycles. The third kappa shape index (κ3) is 7.66. The maximum absolute atomic E-state index is 13.5. The molecule has 2 atom stereocenters. The van der Waals surface area contributed by atoms with Gasteiger partial charge in [0.25, 0.3) is 0 Å². The second-order valence-electron chi connectivity index (χ2n) is 8.81. The monoisotopic (exact) mass is 543 g/mol. The second kappa shape index (κ2) is 13.7. The van der Waals surface area contributed by atoms with E-state index in [9.17, 15) is 14.4 Å². The number of thioether (sulfide) groups is 1. The van der Waals surface area contributed by atoms with Crippen LogP contribution in [0.5, 0.6) is 0 Å². The lowest BCUT2D eigenvalue weighted by Crippen LogP contribution is -2.46. The highest BCUT2D eigenvalue weighted by molar-refractivity contribution is 8.14. The molecular weight excluding hydrogens is 514 g/mol. The van der Waals surface area contributed by atoms with E-state index in [1.165, 1.54) is 12.0 Å². The molecule has 4 rings (SSSR count). The van der Waals surface area contributed by atoms with Gasteiger partial charge in [-0.15, -0.1) is 11.3 Å². The summed E-state index contributed by atoms with van der Waals surface area (Å²) in [6.07, 6.45) is 0.752. The third-order valence-corrected chi connectivity index (χ3v) is 8.11. The molecule has 0 aliphatic rings. The SMILES string of the molecule is COC(=O)C(Cc1ccc(-c2cccs2)cc1)NC(=O)C(CSC(=O)c1ccccc1)Cc1ccccc1. The summed E-state index contributed by atoms with van der Waals surface area (Å²) in [7, 11) is 1.32. The van der Waals surface area contributed by atoms with Crippen LogP contribution in [0.1, 0.15) is 21.5 Å². The van der Waals surface area contributed by atoms with Gasteiger partial charge in [0.1, 0.15) is 6.04 Å². The molecule has 38 heavy (non-hydrogen) atoms. The number of ether oxygens (including phenoxy) is 1. The Bertz CT molecular complexity index is 1320. The summed E-state index contributed by atoms with van der Waals surface area (Å²) in [5.41, 5.74) is 3.59. The first-order valence-corrected chi connectivity index (χ1v) is 14.2. The van der Waals surface area contributed by atoms with E-state index >= 15 is 0 Å². The fraction of sp³-hybridized carbons (Fsp3) is 0.194. The molecule has 194 valence electrons. The van der Waals surface area contributed by atoms with E-state index in [0.717, 1.165) is 28.5 Å². The van der Waals surface area contributed by atoms with Gasteiger partial charge in [0.05, 0.1) is 13.0 Å². The van der Waals surface area contributed by atoms with Gasteiger partial charge in [-0.2, -0.15) is 0 Å². The quantitative estimate of drug-likeness (QED) is 0.233. The van der Waals surface area contributed by atoms with E-state index in [1.807, 2.05) is 84.2 Å². The molecule has 4 aromatic rings. The molecule has 0 bridgehead atoms. The molecule has 0 aliphatic carbocycles. The second-order valence-corrected chi connectivity index (χ2v) is 10.8. The van der Waals surface area contributed by atoms with Crippen molar-refractivity contribution in [3.8, 4) is 10.4 Å². The van der Waals surface area contributed by atoms with Crippen molar-refractivity contribution in [3.05, 3.63) is 119 Å². The van der Waals surface area contributed by atoms with Gasteiger partial charge in [0, 0.05) is 22.6 Å². The van der Waals surface area contributed by atoms with E-state index in [4.69, 9.17) is 4.74 Å². The van der Waals surface area contributed by atoms with E-state index in [0.29, 0.717) is 18.4 Å². The molecule has 0 fully saturated rings. The number of hydrogen-bond donors (Lipinski definition) is 1. The van der Waals surface area contributed by atoms with E-state index in [1.54, 1.807) is 23.5 Å². The molecule has 0 spiro atoms. The Kier molecular flexibility index (Phi) is 9.90. The predicted octanol–water partition coefficient (Wildman–Crippen LogP) is 6.05. The maximum Gasteiger partial charge on any atom is 0.328 e. The average molecular weight is 544 g/mol. The van der Waals surface area contributed by atoms with Crippen LogP contribution in [0.4, 0.5) is 0 Å². The number of esters is 1. The molecular formula is C31H29NO4S2. The lowest BCUT2D eigenvalue weighted by atomic mass is 9.98. The minimum absolute atomic E-state index is 0.0909. The standard InChI is InChI=1S/C31H29NO4S2/c1-36-30(34)27(20-23-14-16-24(17-15-23)28-13-8-18-37-28)32-29(33)26(19-22-9-4-2-5-10-22)21-38-31(35)25-11-6-3-7-12-25/h2-18,26-27H,19-21H2,1H3,(H,32,33). The van der Waals surface area contributed by atoms with Gasteiger partial charge in [-0.05, 0) is 34.6 Å². The van der Waals surface area contributed by atoms with Crippen LogP contribution in [0.25, 0.3) is 10.4 Å². The smallest absolute Gasteiger partial charge is 0.328 e. The summed E-state index contributed by atoms with van der Waals surface area (Å²) in [6, 6.07) is 29.9. The molecule has 1 amide bonds. The topological polar surface area (TPSA) is 72.5 Å². The maximum atomic E-state index is 13.5. The fourth-order valence-electron chi connectivity index (χ4n) is 4.07. The first-order valence-electron chi connectivity index (χ1n) is 12.3. The van der Waals surface area contributed by atoms with Crippen molar-refractivity contribution in [2.24, 2.45) is 5.92 Å². The molecule has 1 N–H and O–H groups in total. The van der Waals surface area contributed by atoms with Crippen molar-refractivity contribution < 1.29 is 19.1 Å². The number of carbonyl (C=O) groups is 3. The Morgan fingerprint density at radius 2 is 1.47 bits per heavy atom. The highest BCUT2D eigenvalue weighted by Gasteiger charge is 2.27. The van der Waals surface area contributed by atoms with Gasteiger partial charge in [0.15, 0.2) is 0 Å². The van der Waals surface area contributed by atoms with Crippen molar-refractivity contribution in [1.29, 1.82) is 0 Å². The third-order valence-electron chi connectivity index (χ3n) is 6.12. The highest BCUT2D eigenvalue weighted by Crippen LogP contribution is 2.25. The van der Waals surface area contributed by atoms with Gasteiger partial charge in [-0.3, -0.25) is 9.59 Å². The number of methoxy groups -OCH3 is 1. The summed E-state index contributed by atoms with van der Waals surface area (Å²) in [6.45, 7) is 0. The van der Waals surface area contributed by atoms with Crippen molar-refractivity contribution in [1.82, 2.24) is 5.32 Å². The summed E-state index contributed by atoms with van der Waals surface area (Å²) in [5, 5.41) is 4.85. The minimum atomic E-state index is -0.840. The molecule has 1 aromatic heterocycles. The highest BCUT2D eigenvalue weighted by atomic mass is 32.2. The number of amides is 1. The van der Waals surface area contributed by atoms with Gasteiger partial charge >= 0.3 is 5.97 Å². The zero-order valence-electron chi connectivity index (χ0n) is 21.0. The van der Waals surface area contributed by atoms with Crippen LogP contribution < -0.4 is 5.32 Å². The number of carbonyl (C=O) groups excluding carboxylic acids is 3. The summed E-state index contributed by atoms with van der Waals surface area (Å²) in [5.74, 6) is -1.01. The normalized spacial score (nSPS) is 12.3. The number of rotatable bonds is 11. The summed E-state index contributed by atoms with van der Waals surface area (Å²) >= 11 is 2.78. The predicted molar refractivity (Wildman–Crippen MR) is 154 cm³/mol. The van der Waals surface area contributed by atoms with E-state index in [-0.39, 0.29) is 16.8 Å². The van der Waals surface area contributed by atoms with E-state index < -0.39 is 17.9 Å². The average Bonchev–Trinajstić information content (AvgIpc) is 3.51. The Hall–Kier alpha value is -3.68. The summed E-state index contributed by atoms with van der Waals surface area (Å²) < 4.78 is 5.01. The van der Waals surface area contributed by atoms with Crippen LogP contribution >= 0.6 is 23.1 Å². The number of benzene rings is 3. The van der Waals surface area contributed by atoms with Crippen molar-refractivity contribution in [3.63, 3.8) is 0 Å². The van der Waals surface area contributed by atoms with Gasteiger partial charge in [-0.25, -0.2) is 4.79 Å². The Morgan fingerprint density at radius 3 is 2.11 bits per heavy atom. The Balaban J connectivity index is 1.46. The number of thiophene rings is 1. The number of hydrogen-bond acceptors (Lipinski definition) is 6. The Morgan fingerprint density at radius 1 is 0.816 bits per heavy atom. The van der Waals surface area contributed by atoms with Crippen molar-refractivity contribution in [2.75, 3.05) is 12.9 Å². The molecule has 5 nitrogen and oxygen atoms in total. The fourth-order valence-corrected chi connectivity index (χ4v) is 5.73. The minimum Gasteiger partial charge on any atom is -0.467 e. The first-order chi connectivity index (χ1) is 18.5. The van der Waals surface area contributed by atoms with Crippen LogP contribution in [0.2, 0.25) is 0 Å².